The van der Waals surface area contributed by atoms with Gasteiger partial charge in [0.25, 0.3) is 5.91 Å². The fraction of sp³-hybridized carbons (Fsp3) is 0.115. The highest BCUT2D eigenvalue weighted by molar-refractivity contribution is 6.58. The van der Waals surface area contributed by atoms with E-state index in [4.69, 9.17) is 14.1 Å². The van der Waals surface area contributed by atoms with E-state index in [1.54, 1.807) is 36.5 Å². The van der Waals surface area contributed by atoms with Crippen LogP contribution in [-0.2, 0) is 6.54 Å². The highest BCUT2D eigenvalue weighted by atomic mass is 16.5. The molecule has 0 aliphatic heterocycles. The second kappa shape index (κ2) is 10.2. The van der Waals surface area contributed by atoms with E-state index >= 15 is 0 Å². The summed E-state index contributed by atoms with van der Waals surface area (Å²) in [7, 11) is -0.00442. The molecule has 5 rings (SSSR count). The van der Waals surface area contributed by atoms with Crippen LogP contribution in [0.25, 0.3) is 16.9 Å². The van der Waals surface area contributed by atoms with Crippen molar-refractivity contribution in [3.05, 3.63) is 90.1 Å². The largest absolute Gasteiger partial charge is 0.491 e. The average Bonchev–Trinajstić information content (AvgIpc) is 3.56. The van der Waals surface area contributed by atoms with Gasteiger partial charge in [0.2, 0.25) is 5.95 Å². The van der Waals surface area contributed by atoms with Gasteiger partial charge in [-0.25, -0.2) is 4.98 Å². The first-order chi connectivity index (χ1) is 17.9. The fourth-order valence-corrected chi connectivity index (χ4v) is 4.12. The summed E-state index contributed by atoms with van der Waals surface area (Å²) in [5.41, 5.74) is 3.57. The van der Waals surface area contributed by atoms with Crippen molar-refractivity contribution < 1.29 is 24.0 Å². The van der Waals surface area contributed by atoms with Crippen molar-refractivity contribution in [2.45, 2.75) is 13.5 Å². The second-order valence-electron chi connectivity index (χ2n) is 8.35. The molecule has 0 saturated carbocycles. The topological polar surface area (TPSA) is 135 Å². The number of ether oxygens (including phenoxy) is 1. The van der Waals surface area contributed by atoms with Crippen molar-refractivity contribution in [3.63, 3.8) is 0 Å². The SMILES string of the molecule is COc1cnc(-n2c(C)cc3c(NC(=O)c4ccco4)cccc32)nc1NCc1cccc(B(O)O)c1. The number of hydrogen-bond donors (Lipinski definition) is 4. The minimum Gasteiger partial charge on any atom is -0.491 e. The number of hydrogen-bond acceptors (Lipinski definition) is 8. The zero-order valence-electron chi connectivity index (χ0n) is 20.2. The molecule has 0 bridgehead atoms. The Labute approximate surface area is 212 Å². The Hall–Kier alpha value is -4.61. The van der Waals surface area contributed by atoms with Crippen molar-refractivity contribution in [1.82, 2.24) is 14.5 Å². The van der Waals surface area contributed by atoms with Crippen LogP contribution in [0.3, 0.4) is 0 Å². The summed E-state index contributed by atoms with van der Waals surface area (Å²) in [5.74, 6) is 1.24. The van der Waals surface area contributed by atoms with Crippen LogP contribution in [0.15, 0.2) is 77.5 Å². The number of benzene rings is 2. The van der Waals surface area contributed by atoms with Crippen LogP contribution in [-0.4, -0.2) is 44.7 Å². The zero-order chi connectivity index (χ0) is 25.9. The monoisotopic (exact) mass is 497 g/mol. The Morgan fingerprint density at radius 3 is 2.73 bits per heavy atom. The van der Waals surface area contributed by atoms with Crippen LogP contribution in [0.2, 0.25) is 0 Å². The predicted molar refractivity (Wildman–Crippen MR) is 140 cm³/mol. The molecule has 0 aliphatic carbocycles. The van der Waals surface area contributed by atoms with Gasteiger partial charge in [0, 0.05) is 17.6 Å². The van der Waals surface area contributed by atoms with Crippen LogP contribution in [0, 0.1) is 6.92 Å². The van der Waals surface area contributed by atoms with E-state index in [9.17, 15) is 14.8 Å². The van der Waals surface area contributed by atoms with Gasteiger partial charge < -0.3 is 29.8 Å². The summed E-state index contributed by atoms with van der Waals surface area (Å²) in [5, 5.41) is 25.9. The van der Waals surface area contributed by atoms with Gasteiger partial charge in [-0.2, -0.15) is 4.98 Å². The molecule has 2 aromatic carbocycles. The Bertz CT molecular complexity index is 1570. The molecule has 37 heavy (non-hydrogen) atoms. The minimum atomic E-state index is -1.54. The first-order valence-corrected chi connectivity index (χ1v) is 11.5. The van der Waals surface area contributed by atoms with Crippen molar-refractivity contribution in [2.24, 2.45) is 0 Å². The molecule has 3 heterocycles. The molecule has 10 nitrogen and oxygen atoms in total. The summed E-state index contributed by atoms with van der Waals surface area (Å²) in [4.78, 5) is 21.8. The van der Waals surface area contributed by atoms with E-state index in [1.165, 1.54) is 13.4 Å². The standard InChI is InChI=1S/C26H24BN5O5/c1-16-12-19-20(30-25(33)22-10-5-11-37-22)8-4-9-21(19)32(16)26-29-15-23(36-2)24(31-26)28-14-17-6-3-7-18(13-17)27(34)35/h3-13,15,34-35H,14H2,1-2H3,(H,30,33)(H,28,29,31). The predicted octanol–water partition coefficient (Wildman–Crippen LogP) is 2.87. The van der Waals surface area contributed by atoms with Gasteiger partial charge in [0.1, 0.15) is 0 Å². The number of furan rings is 1. The number of amides is 1. The molecular weight excluding hydrogens is 473 g/mol. The van der Waals surface area contributed by atoms with E-state index in [2.05, 4.69) is 15.6 Å². The molecule has 0 unspecified atom stereocenters. The lowest BCUT2D eigenvalue weighted by molar-refractivity contribution is 0.0997. The lowest BCUT2D eigenvalue weighted by Gasteiger charge is -2.14. The number of aryl methyl sites for hydroxylation is 1. The van der Waals surface area contributed by atoms with Gasteiger partial charge in [-0.15, -0.1) is 0 Å². The molecule has 0 saturated heterocycles. The van der Waals surface area contributed by atoms with E-state index in [0.29, 0.717) is 35.2 Å². The van der Waals surface area contributed by atoms with Gasteiger partial charge >= 0.3 is 7.12 Å². The first kappa shape index (κ1) is 24.1. The molecule has 11 heteroatoms. The second-order valence-corrected chi connectivity index (χ2v) is 8.35. The molecule has 1 amide bonds. The Balaban J connectivity index is 1.47. The summed E-state index contributed by atoms with van der Waals surface area (Å²) >= 11 is 0. The zero-order valence-corrected chi connectivity index (χ0v) is 20.2. The molecule has 0 fully saturated rings. The number of nitrogens with one attached hydrogen (secondary N) is 2. The third kappa shape index (κ3) is 4.90. The molecule has 0 spiro atoms. The number of nitrogens with zero attached hydrogens (tertiary/aromatic N) is 3. The van der Waals surface area contributed by atoms with Gasteiger partial charge in [-0.05, 0) is 48.3 Å². The number of anilines is 2. The number of aromatic nitrogens is 3. The van der Waals surface area contributed by atoms with Crippen LogP contribution in [0.5, 0.6) is 5.75 Å². The third-order valence-electron chi connectivity index (χ3n) is 5.89. The maximum absolute atomic E-state index is 12.6. The highest BCUT2D eigenvalue weighted by Crippen LogP contribution is 2.30. The Morgan fingerprint density at radius 1 is 1.14 bits per heavy atom. The summed E-state index contributed by atoms with van der Waals surface area (Å²) in [6, 6.07) is 17.8. The van der Waals surface area contributed by atoms with Crippen LogP contribution >= 0.6 is 0 Å². The van der Waals surface area contributed by atoms with Gasteiger partial charge in [0.05, 0.1) is 30.8 Å². The number of carbonyl (C=O) groups is 1. The van der Waals surface area contributed by atoms with Gasteiger partial charge in [-0.3, -0.25) is 9.36 Å². The molecule has 0 radical (unpaired) electrons. The van der Waals surface area contributed by atoms with E-state index in [0.717, 1.165) is 22.2 Å². The minimum absolute atomic E-state index is 0.224. The van der Waals surface area contributed by atoms with Crippen molar-refractivity contribution >= 4 is 40.9 Å². The molecule has 0 atom stereocenters. The maximum Gasteiger partial charge on any atom is 0.488 e. The van der Waals surface area contributed by atoms with Crippen LogP contribution < -0.4 is 20.8 Å². The normalized spacial score (nSPS) is 10.9. The molecule has 5 aromatic rings. The quantitative estimate of drug-likeness (QED) is 0.241. The van der Waals surface area contributed by atoms with E-state index < -0.39 is 7.12 Å². The third-order valence-corrected chi connectivity index (χ3v) is 5.89. The highest BCUT2D eigenvalue weighted by Gasteiger charge is 2.17. The Kier molecular flexibility index (Phi) is 6.63. The molecule has 0 aliphatic rings. The number of carbonyl (C=O) groups excluding carboxylic acids is 1. The van der Waals surface area contributed by atoms with Gasteiger partial charge in [-0.1, -0.05) is 30.3 Å². The number of rotatable bonds is 8. The molecule has 186 valence electrons. The van der Waals surface area contributed by atoms with Crippen LogP contribution in [0.4, 0.5) is 11.5 Å². The number of fused-ring (bicyclic) bond motifs is 1. The van der Waals surface area contributed by atoms with Crippen molar-refractivity contribution in [3.8, 4) is 11.7 Å². The molecule has 3 aromatic heterocycles. The smallest absolute Gasteiger partial charge is 0.488 e. The van der Waals surface area contributed by atoms with Crippen molar-refractivity contribution in [2.75, 3.05) is 17.7 Å². The molecular formula is C26H24BN5O5. The lowest BCUT2D eigenvalue weighted by atomic mass is 9.80. The summed E-state index contributed by atoms with van der Waals surface area (Å²) < 4.78 is 12.6. The van der Waals surface area contributed by atoms with Crippen molar-refractivity contribution in [1.29, 1.82) is 0 Å². The average molecular weight is 497 g/mol. The lowest BCUT2D eigenvalue weighted by Crippen LogP contribution is -2.30. The maximum atomic E-state index is 12.6. The Morgan fingerprint density at radius 2 is 1.97 bits per heavy atom. The fourth-order valence-electron chi connectivity index (χ4n) is 4.12. The summed E-state index contributed by atoms with van der Waals surface area (Å²) in [6.45, 7) is 2.31. The van der Waals surface area contributed by atoms with E-state index in [-0.39, 0.29) is 11.7 Å². The van der Waals surface area contributed by atoms with E-state index in [1.807, 2.05) is 41.8 Å². The first-order valence-electron chi connectivity index (χ1n) is 11.5. The molecule has 4 N–H and O–H groups in total. The van der Waals surface area contributed by atoms with Gasteiger partial charge in [0.15, 0.2) is 17.3 Å². The number of methoxy groups -OCH3 is 1. The van der Waals surface area contributed by atoms with Crippen LogP contribution in [0.1, 0.15) is 21.8 Å². The summed E-state index contributed by atoms with van der Waals surface area (Å²) in [6.07, 6.45) is 3.04.